The molecule has 0 aliphatic heterocycles. The van der Waals surface area contributed by atoms with Crippen molar-refractivity contribution in [2.24, 2.45) is 0 Å². The number of nitrogens with zero attached hydrogens (tertiary/aromatic N) is 4. The van der Waals surface area contributed by atoms with Gasteiger partial charge >= 0.3 is 0 Å². The highest BCUT2D eigenvalue weighted by atomic mass is 35.5. The maximum absolute atomic E-state index is 12.3. The lowest BCUT2D eigenvalue weighted by Gasteiger charge is -2.16. The van der Waals surface area contributed by atoms with E-state index in [1.807, 2.05) is 0 Å². The maximum atomic E-state index is 12.3. The zero-order valence-electron chi connectivity index (χ0n) is 14.0. The molecule has 1 fully saturated rings. The molecule has 0 saturated heterocycles. The zero-order chi connectivity index (χ0) is 17.5. The third-order valence-corrected chi connectivity index (χ3v) is 4.55. The average molecular weight is 364 g/mol. The number of rotatable bonds is 6. The monoisotopic (exact) mass is 363 g/mol. The van der Waals surface area contributed by atoms with Gasteiger partial charge in [0.25, 0.3) is 0 Å². The predicted molar refractivity (Wildman–Crippen MR) is 93.2 cm³/mol. The Labute approximate surface area is 151 Å². The second kappa shape index (κ2) is 8.80. The molecule has 7 nitrogen and oxygen atoms in total. The van der Waals surface area contributed by atoms with Gasteiger partial charge in [-0.25, -0.2) is 4.68 Å². The van der Waals surface area contributed by atoms with E-state index >= 15 is 0 Å². The van der Waals surface area contributed by atoms with Crippen LogP contribution in [0, 0.1) is 0 Å². The maximum Gasteiger partial charge on any atom is 0.242 e. The first-order valence-electron chi connectivity index (χ1n) is 8.63. The van der Waals surface area contributed by atoms with Gasteiger partial charge < -0.3 is 10.1 Å². The van der Waals surface area contributed by atoms with E-state index in [2.05, 4.69) is 20.8 Å². The van der Waals surface area contributed by atoms with Crippen molar-refractivity contribution in [1.29, 1.82) is 0 Å². The summed E-state index contributed by atoms with van der Waals surface area (Å²) in [4.78, 5) is 12.3. The molecule has 0 atom stereocenters. The molecule has 1 amide bonds. The van der Waals surface area contributed by atoms with E-state index in [0.29, 0.717) is 16.6 Å². The van der Waals surface area contributed by atoms with Crippen LogP contribution in [-0.2, 0) is 17.9 Å². The first kappa shape index (κ1) is 17.7. The molecule has 0 bridgehead atoms. The van der Waals surface area contributed by atoms with Gasteiger partial charge in [-0.15, -0.1) is 5.10 Å². The van der Waals surface area contributed by atoms with E-state index in [1.54, 1.807) is 24.3 Å². The van der Waals surface area contributed by atoms with Gasteiger partial charge in [-0.3, -0.25) is 4.79 Å². The van der Waals surface area contributed by atoms with E-state index < -0.39 is 0 Å². The van der Waals surface area contributed by atoms with E-state index in [0.717, 1.165) is 12.8 Å². The number of ether oxygens (including phenoxy) is 1. The summed E-state index contributed by atoms with van der Waals surface area (Å²) in [6.45, 7) is 0.286. The smallest absolute Gasteiger partial charge is 0.242 e. The standard InChI is InChI=1S/C17H22ClN5O2/c18-13-7-9-15(10-8-13)25-12-16-20-21-22-23(16)11-17(24)19-14-5-3-1-2-4-6-14/h7-10,14H,1-6,11-12H2,(H,19,24). The number of nitrogens with one attached hydrogen (secondary N) is 1. The lowest BCUT2D eigenvalue weighted by Crippen LogP contribution is -2.37. The van der Waals surface area contributed by atoms with Gasteiger partial charge in [0, 0.05) is 11.1 Å². The molecule has 0 unspecified atom stereocenters. The van der Waals surface area contributed by atoms with Gasteiger partial charge in [-0.05, 0) is 47.5 Å². The zero-order valence-corrected chi connectivity index (χ0v) is 14.8. The van der Waals surface area contributed by atoms with Crippen LogP contribution < -0.4 is 10.1 Å². The van der Waals surface area contributed by atoms with Crippen LogP contribution in [0.25, 0.3) is 0 Å². The fourth-order valence-corrected chi connectivity index (χ4v) is 3.09. The van der Waals surface area contributed by atoms with Gasteiger partial charge in [0.05, 0.1) is 0 Å². The normalized spacial score (nSPS) is 15.6. The van der Waals surface area contributed by atoms with Crippen molar-refractivity contribution < 1.29 is 9.53 Å². The molecule has 1 saturated carbocycles. The second-order valence-corrected chi connectivity index (χ2v) is 6.69. The first-order chi connectivity index (χ1) is 12.2. The molecule has 8 heteroatoms. The van der Waals surface area contributed by atoms with Crippen molar-refractivity contribution in [3.63, 3.8) is 0 Å². The van der Waals surface area contributed by atoms with Gasteiger partial charge in [0.1, 0.15) is 18.9 Å². The summed E-state index contributed by atoms with van der Waals surface area (Å²) in [5.41, 5.74) is 0. The summed E-state index contributed by atoms with van der Waals surface area (Å²) in [7, 11) is 0. The van der Waals surface area contributed by atoms with Gasteiger partial charge in [0.2, 0.25) is 5.91 Å². The number of amides is 1. The number of benzene rings is 1. The quantitative estimate of drug-likeness (QED) is 0.798. The lowest BCUT2D eigenvalue weighted by molar-refractivity contribution is -0.122. The minimum absolute atomic E-state index is 0.0630. The van der Waals surface area contributed by atoms with Gasteiger partial charge in [0.15, 0.2) is 5.82 Å². The summed E-state index contributed by atoms with van der Waals surface area (Å²) in [5.74, 6) is 1.11. The van der Waals surface area contributed by atoms with Crippen LogP contribution in [-0.4, -0.2) is 32.2 Å². The molecule has 0 spiro atoms. The second-order valence-electron chi connectivity index (χ2n) is 6.25. The van der Waals surface area contributed by atoms with Crippen LogP contribution in [0.1, 0.15) is 44.3 Å². The van der Waals surface area contributed by atoms with Crippen LogP contribution in [0.2, 0.25) is 5.02 Å². The van der Waals surface area contributed by atoms with Crippen LogP contribution >= 0.6 is 11.6 Å². The Morgan fingerprint density at radius 1 is 1.20 bits per heavy atom. The summed E-state index contributed by atoms with van der Waals surface area (Å²) in [6.07, 6.45) is 6.96. The number of tetrazole rings is 1. The number of carbonyl (C=O) groups excluding carboxylic acids is 1. The number of hydrogen-bond acceptors (Lipinski definition) is 5. The Kier molecular flexibility index (Phi) is 6.22. The van der Waals surface area contributed by atoms with E-state index in [-0.39, 0.29) is 25.1 Å². The minimum atomic E-state index is -0.0630. The van der Waals surface area contributed by atoms with Crippen molar-refractivity contribution in [2.45, 2.75) is 57.7 Å². The van der Waals surface area contributed by atoms with Gasteiger partial charge in [-0.1, -0.05) is 37.3 Å². The van der Waals surface area contributed by atoms with Crippen molar-refractivity contribution in [1.82, 2.24) is 25.5 Å². The molecule has 2 aromatic rings. The Morgan fingerprint density at radius 3 is 2.64 bits per heavy atom. The third-order valence-electron chi connectivity index (χ3n) is 4.30. The first-order valence-corrected chi connectivity index (χ1v) is 9.01. The van der Waals surface area contributed by atoms with E-state index in [4.69, 9.17) is 16.3 Å². The minimum Gasteiger partial charge on any atom is -0.486 e. The topological polar surface area (TPSA) is 81.9 Å². The Morgan fingerprint density at radius 2 is 1.92 bits per heavy atom. The Hall–Kier alpha value is -2.15. The van der Waals surface area contributed by atoms with Crippen LogP contribution in [0.15, 0.2) is 24.3 Å². The molecule has 25 heavy (non-hydrogen) atoms. The largest absolute Gasteiger partial charge is 0.486 e. The molecular formula is C17H22ClN5O2. The molecule has 1 aliphatic rings. The molecule has 3 rings (SSSR count). The summed E-state index contributed by atoms with van der Waals surface area (Å²) < 4.78 is 7.11. The number of carbonyl (C=O) groups is 1. The lowest BCUT2D eigenvalue weighted by atomic mass is 10.1. The van der Waals surface area contributed by atoms with Crippen LogP contribution in [0.3, 0.4) is 0 Å². The molecular weight excluding hydrogens is 342 g/mol. The molecule has 1 heterocycles. The Balaban J connectivity index is 1.52. The average Bonchev–Trinajstić information content (AvgIpc) is 2.87. The van der Waals surface area contributed by atoms with Crippen LogP contribution in [0.5, 0.6) is 5.75 Å². The number of halogens is 1. The molecule has 1 aliphatic carbocycles. The fourth-order valence-electron chi connectivity index (χ4n) is 2.96. The molecule has 134 valence electrons. The molecule has 1 aromatic carbocycles. The molecule has 1 N–H and O–H groups in total. The van der Waals surface area contributed by atoms with E-state index in [1.165, 1.54) is 30.4 Å². The highest BCUT2D eigenvalue weighted by Gasteiger charge is 2.17. The predicted octanol–water partition coefficient (Wildman–Crippen LogP) is 2.74. The van der Waals surface area contributed by atoms with Crippen molar-refractivity contribution >= 4 is 17.5 Å². The summed E-state index contributed by atoms with van der Waals surface area (Å²) >= 11 is 5.85. The van der Waals surface area contributed by atoms with Crippen molar-refractivity contribution in [2.75, 3.05) is 0 Å². The van der Waals surface area contributed by atoms with Crippen molar-refractivity contribution in [3.05, 3.63) is 35.1 Å². The molecule has 0 radical (unpaired) electrons. The number of hydrogen-bond donors (Lipinski definition) is 1. The van der Waals surface area contributed by atoms with E-state index in [9.17, 15) is 4.79 Å². The highest BCUT2D eigenvalue weighted by Crippen LogP contribution is 2.18. The molecule has 1 aromatic heterocycles. The SMILES string of the molecule is O=C(Cn1nnnc1COc1ccc(Cl)cc1)NC1CCCCCC1. The number of aromatic nitrogens is 4. The summed E-state index contributed by atoms with van der Waals surface area (Å²) in [6, 6.07) is 7.31. The summed E-state index contributed by atoms with van der Waals surface area (Å²) in [5, 5.41) is 15.2. The van der Waals surface area contributed by atoms with Gasteiger partial charge in [-0.2, -0.15) is 0 Å². The fraction of sp³-hybridized carbons (Fsp3) is 0.529. The third kappa shape index (κ3) is 5.42. The highest BCUT2D eigenvalue weighted by molar-refractivity contribution is 6.30. The van der Waals surface area contributed by atoms with Crippen LogP contribution in [0.4, 0.5) is 0 Å². The Bertz CT molecular complexity index is 681. The van der Waals surface area contributed by atoms with Crippen molar-refractivity contribution in [3.8, 4) is 5.75 Å².